The van der Waals surface area contributed by atoms with E-state index in [1.54, 1.807) is 21.3 Å². The van der Waals surface area contributed by atoms with Gasteiger partial charge in [-0.25, -0.2) is 0 Å². The summed E-state index contributed by atoms with van der Waals surface area (Å²) in [5.74, 6) is 3.22. The lowest BCUT2D eigenvalue weighted by atomic mass is 9.91. The quantitative estimate of drug-likeness (QED) is 0.801. The molecule has 2 atom stereocenters. The third-order valence-corrected chi connectivity index (χ3v) is 4.57. The summed E-state index contributed by atoms with van der Waals surface area (Å²) in [6, 6.07) is 3.83. The Kier molecular flexibility index (Phi) is 6.35. The molecule has 0 aliphatic carbocycles. The van der Waals surface area contributed by atoms with Crippen molar-refractivity contribution in [3.63, 3.8) is 0 Å². The second kappa shape index (κ2) is 8.27. The van der Waals surface area contributed by atoms with Crippen LogP contribution in [0, 0.1) is 11.8 Å². The van der Waals surface area contributed by atoms with Crippen LogP contribution in [0.3, 0.4) is 0 Å². The number of hydrogen-bond acceptors (Lipinski definition) is 4. The van der Waals surface area contributed by atoms with Crippen LogP contribution in [0.2, 0.25) is 0 Å². The fourth-order valence-electron chi connectivity index (χ4n) is 3.56. The molecule has 0 bridgehead atoms. The Bertz CT molecular complexity index is 537. The van der Waals surface area contributed by atoms with Gasteiger partial charge in [-0.15, -0.1) is 0 Å². The molecule has 134 valence electrons. The second-order valence-corrected chi connectivity index (χ2v) is 6.78. The fourth-order valence-corrected chi connectivity index (χ4v) is 3.56. The van der Waals surface area contributed by atoms with Crippen LogP contribution < -0.4 is 14.2 Å². The number of carbonyl (C=O) groups is 1. The van der Waals surface area contributed by atoms with Crippen LogP contribution in [0.15, 0.2) is 12.1 Å². The van der Waals surface area contributed by atoms with Crippen molar-refractivity contribution in [3.8, 4) is 17.2 Å². The molecule has 1 fully saturated rings. The highest BCUT2D eigenvalue weighted by molar-refractivity contribution is 5.76. The van der Waals surface area contributed by atoms with E-state index in [1.807, 2.05) is 17.0 Å². The van der Waals surface area contributed by atoms with Crippen LogP contribution in [0.4, 0.5) is 0 Å². The van der Waals surface area contributed by atoms with E-state index < -0.39 is 0 Å². The summed E-state index contributed by atoms with van der Waals surface area (Å²) >= 11 is 0. The molecule has 5 nitrogen and oxygen atoms in total. The molecule has 2 unspecified atom stereocenters. The highest BCUT2D eigenvalue weighted by atomic mass is 16.5. The van der Waals surface area contributed by atoms with E-state index in [-0.39, 0.29) is 5.91 Å². The molecule has 24 heavy (non-hydrogen) atoms. The van der Waals surface area contributed by atoms with E-state index in [9.17, 15) is 4.79 Å². The minimum Gasteiger partial charge on any atom is -0.493 e. The zero-order chi connectivity index (χ0) is 17.7. The van der Waals surface area contributed by atoms with Gasteiger partial charge in [-0.2, -0.15) is 0 Å². The molecule has 5 heteroatoms. The molecule has 0 N–H and O–H groups in total. The number of hydrogen-bond donors (Lipinski definition) is 0. The van der Waals surface area contributed by atoms with Crippen LogP contribution in [0.5, 0.6) is 17.2 Å². The minimum absolute atomic E-state index is 0.224. The molecule has 1 aromatic carbocycles. The molecule has 2 rings (SSSR count). The summed E-state index contributed by atoms with van der Waals surface area (Å²) in [6.45, 7) is 6.18. The first-order chi connectivity index (χ1) is 11.5. The maximum atomic E-state index is 12.5. The van der Waals surface area contributed by atoms with Crippen LogP contribution in [0.1, 0.15) is 32.3 Å². The number of nitrogens with zero attached hydrogens (tertiary/aromatic N) is 1. The average Bonchev–Trinajstić information content (AvgIpc) is 2.57. The van der Waals surface area contributed by atoms with Crippen molar-refractivity contribution >= 4 is 5.91 Å². The minimum atomic E-state index is 0.224. The molecule has 0 saturated carbocycles. The molecule has 1 heterocycles. The predicted octanol–water partition coefficient (Wildman–Crippen LogP) is 3.15. The van der Waals surface area contributed by atoms with Crippen molar-refractivity contribution in [3.05, 3.63) is 17.7 Å². The number of amides is 1. The predicted molar refractivity (Wildman–Crippen MR) is 93.9 cm³/mol. The molecule has 0 aromatic heterocycles. The smallest absolute Gasteiger partial charge is 0.222 e. The van der Waals surface area contributed by atoms with Gasteiger partial charge < -0.3 is 19.1 Å². The van der Waals surface area contributed by atoms with Gasteiger partial charge in [-0.05, 0) is 42.4 Å². The SMILES string of the molecule is COc1cc(CCC(=O)N2CC(C)CC(C)C2)cc(OC)c1OC. The summed E-state index contributed by atoms with van der Waals surface area (Å²) in [5.41, 5.74) is 1.01. The normalized spacial score (nSPS) is 20.6. The highest BCUT2D eigenvalue weighted by Gasteiger charge is 2.25. The molecular formula is C19H29NO4. The van der Waals surface area contributed by atoms with Gasteiger partial charge in [0.2, 0.25) is 11.7 Å². The molecule has 0 spiro atoms. The van der Waals surface area contributed by atoms with Gasteiger partial charge >= 0.3 is 0 Å². The van der Waals surface area contributed by atoms with Crippen molar-refractivity contribution in [2.45, 2.75) is 33.1 Å². The van der Waals surface area contributed by atoms with Crippen LogP contribution in [0.25, 0.3) is 0 Å². The van der Waals surface area contributed by atoms with Gasteiger partial charge in [-0.1, -0.05) is 13.8 Å². The first-order valence-electron chi connectivity index (χ1n) is 8.55. The second-order valence-electron chi connectivity index (χ2n) is 6.78. The van der Waals surface area contributed by atoms with E-state index in [0.29, 0.717) is 41.9 Å². The van der Waals surface area contributed by atoms with E-state index in [2.05, 4.69) is 13.8 Å². The third-order valence-electron chi connectivity index (χ3n) is 4.57. The van der Waals surface area contributed by atoms with E-state index in [1.165, 1.54) is 6.42 Å². The topological polar surface area (TPSA) is 48.0 Å². The Hall–Kier alpha value is -1.91. The van der Waals surface area contributed by atoms with Crippen molar-refractivity contribution in [1.82, 2.24) is 4.90 Å². The summed E-state index contributed by atoms with van der Waals surface area (Å²) in [5, 5.41) is 0. The largest absolute Gasteiger partial charge is 0.493 e. The molecule has 1 aromatic rings. The van der Waals surface area contributed by atoms with Gasteiger partial charge in [0.25, 0.3) is 0 Å². The molecule has 0 radical (unpaired) electrons. The van der Waals surface area contributed by atoms with Crippen LogP contribution in [-0.4, -0.2) is 45.2 Å². The maximum Gasteiger partial charge on any atom is 0.222 e. The lowest BCUT2D eigenvalue weighted by Crippen LogP contribution is -2.42. The van der Waals surface area contributed by atoms with Crippen LogP contribution in [-0.2, 0) is 11.2 Å². The Morgan fingerprint density at radius 1 is 1.04 bits per heavy atom. The number of carbonyl (C=O) groups excluding carboxylic acids is 1. The van der Waals surface area contributed by atoms with Gasteiger partial charge in [-0.3, -0.25) is 4.79 Å². The summed E-state index contributed by atoms with van der Waals surface area (Å²) < 4.78 is 16.1. The van der Waals surface area contributed by atoms with E-state index in [0.717, 1.165) is 18.7 Å². The fraction of sp³-hybridized carbons (Fsp3) is 0.632. The van der Waals surface area contributed by atoms with E-state index in [4.69, 9.17) is 14.2 Å². The van der Waals surface area contributed by atoms with Crippen LogP contribution >= 0.6 is 0 Å². The molecule has 1 saturated heterocycles. The number of ether oxygens (including phenoxy) is 3. The van der Waals surface area contributed by atoms with Gasteiger partial charge in [0.1, 0.15) is 0 Å². The number of methoxy groups -OCH3 is 3. The Labute approximate surface area is 144 Å². The van der Waals surface area contributed by atoms with Gasteiger partial charge in [0, 0.05) is 19.5 Å². The maximum absolute atomic E-state index is 12.5. The van der Waals surface area contributed by atoms with Crippen molar-refractivity contribution in [2.24, 2.45) is 11.8 Å². The molecule has 1 aliphatic heterocycles. The lowest BCUT2D eigenvalue weighted by molar-refractivity contribution is -0.133. The van der Waals surface area contributed by atoms with Gasteiger partial charge in [0.05, 0.1) is 21.3 Å². The van der Waals surface area contributed by atoms with Crippen molar-refractivity contribution in [1.29, 1.82) is 0 Å². The first-order valence-corrected chi connectivity index (χ1v) is 8.55. The lowest BCUT2D eigenvalue weighted by Gasteiger charge is -2.35. The highest BCUT2D eigenvalue weighted by Crippen LogP contribution is 2.38. The number of piperidine rings is 1. The summed E-state index contributed by atoms with van der Waals surface area (Å²) in [6.07, 6.45) is 2.36. The van der Waals surface area contributed by atoms with Gasteiger partial charge in [0.15, 0.2) is 11.5 Å². The first kappa shape index (κ1) is 18.4. The Morgan fingerprint density at radius 2 is 1.58 bits per heavy atom. The average molecular weight is 335 g/mol. The zero-order valence-electron chi connectivity index (χ0n) is 15.4. The van der Waals surface area contributed by atoms with E-state index >= 15 is 0 Å². The summed E-state index contributed by atoms with van der Waals surface area (Å²) in [7, 11) is 4.79. The Balaban J connectivity index is 2.04. The molecule has 1 aliphatic rings. The number of rotatable bonds is 6. The standard InChI is InChI=1S/C19H29NO4/c1-13-8-14(2)12-20(11-13)18(21)7-6-15-9-16(22-3)19(24-5)17(10-15)23-4/h9-10,13-14H,6-8,11-12H2,1-5H3. The number of likely N-dealkylation sites (tertiary alicyclic amines) is 1. The molecular weight excluding hydrogens is 306 g/mol. The molecule has 1 amide bonds. The third kappa shape index (κ3) is 4.34. The zero-order valence-corrected chi connectivity index (χ0v) is 15.4. The number of benzene rings is 1. The monoisotopic (exact) mass is 335 g/mol. The Morgan fingerprint density at radius 3 is 2.04 bits per heavy atom. The number of aryl methyl sites for hydroxylation is 1. The summed E-state index contributed by atoms with van der Waals surface area (Å²) in [4.78, 5) is 14.5. The van der Waals surface area contributed by atoms with Crippen molar-refractivity contribution < 1.29 is 19.0 Å². The van der Waals surface area contributed by atoms with Crippen molar-refractivity contribution in [2.75, 3.05) is 34.4 Å².